The molecule has 2 aliphatic heterocycles. The number of benzene rings is 1. The van der Waals surface area contributed by atoms with Crippen molar-refractivity contribution in [2.24, 2.45) is 22.2 Å². The SMILES string of the molecule is CC1(C)COC(c2ccc([C@H]3C[C@@]4(C)[C@@H](CCC45C=CCO5)[C@@H]4CCC5=CC(=O)CCC5=C43)cc2)=N1. The number of carbonyl (C=O) groups excluding carboxylic acids is 1. The van der Waals surface area contributed by atoms with Crippen LogP contribution in [0.4, 0.5) is 0 Å². The molecule has 1 unspecified atom stereocenters. The zero-order chi connectivity index (χ0) is 24.7. The van der Waals surface area contributed by atoms with Gasteiger partial charge in [-0.15, -0.1) is 0 Å². The van der Waals surface area contributed by atoms with E-state index in [0.717, 1.165) is 50.2 Å². The van der Waals surface area contributed by atoms with Crippen LogP contribution in [-0.4, -0.2) is 36.0 Å². The van der Waals surface area contributed by atoms with Gasteiger partial charge in [0.2, 0.25) is 5.90 Å². The van der Waals surface area contributed by atoms with Crippen LogP contribution in [-0.2, 0) is 14.3 Å². The van der Waals surface area contributed by atoms with Gasteiger partial charge in [0, 0.05) is 23.3 Å². The van der Waals surface area contributed by atoms with Crippen molar-refractivity contribution < 1.29 is 14.3 Å². The first kappa shape index (κ1) is 22.7. The molecule has 0 saturated heterocycles. The van der Waals surface area contributed by atoms with Gasteiger partial charge in [0.25, 0.3) is 0 Å². The topological polar surface area (TPSA) is 47.9 Å². The molecule has 2 fully saturated rings. The number of nitrogens with zero attached hydrogens (tertiary/aromatic N) is 1. The first-order valence-corrected chi connectivity index (χ1v) is 13.9. The van der Waals surface area contributed by atoms with E-state index < -0.39 is 0 Å². The minimum Gasteiger partial charge on any atom is -0.475 e. The van der Waals surface area contributed by atoms with E-state index in [1.54, 1.807) is 5.57 Å². The maximum absolute atomic E-state index is 12.3. The third-order valence-electron chi connectivity index (χ3n) is 10.3. The Morgan fingerprint density at radius 3 is 2.58 bits per heavy atom. The molecule has 1 spiro atoms. The number of rotatable bonds is 2. The second-order valence-corrected chi connectivity index (χ2v) is 12.8. The van der Waals surface area contributed by atoms with Gasteiger partial charge in [0.15, 0.2) is 5.78 Å². The highest BCUT2D eigenvalue weighted by Gasteiger charge is 2.63. The van der Waals surface area contributed by atoms with E-state index in [1.165, 1.54) is 23.1 Å². The number of carbonyl (C=O) groups is 1. The van der Waals surface area contributed by atoms with Crippen LogP contribution < -0.4 is 0 Å². The maximum Gasteiger partial charge on any atom is 0.216 e. The first-order valence-electron chi connectivity index (χ1n) is 13.9. The zero-order valence-corrected chi connectivity index (χ0v) is 21.8. The molecule has 2 saturated carbocycles. The van der Waals surface area contributed by atoms with Crippen LogP contribution in [0.3, 0.4) is 0 Å². The molecule has 4 heteroatoms. The van der Waals surface area contributed by atoms with Crippen LogP contribution in [0, 0.1) is 17.3 Å². The molecule has 1 aromatic carbocycles. The molecule has 0 radical (unpaired) electrons. The fourth-order valence-corrected chi connectivity index (χ4v) is 8.57. The highest BCUT2D eigenvalue weighted by molar-refractivity contribution is 5.95. The van der Waals surface area contributed by atoms with E-state index in [4.69, 9.17) is 14.5 Å². The number of allylic oxidation sites excluding steroid dienone is 4. The van der Waals surface area contributed by atoms with Crippen molar-refractivity contribution in [1.82, 2.24) is 0 Å². The van der Waals surface area contributed by atoms with Crippen LogP contribution in [0.15, 0.2) is 64.2 Å². The molecule has 4 aliphatic carbocycles. The molecule has 0 N–H and O–H groups in total. The van der Waals surface area contributed by atoms with Gasteiger partial charge in [-0.2, -0.15) is 0 Å². The highest BCUT2D eigenvalue weighted by Crippen LogP contribution is 2.68. The summed E-state index contributed by atoms with van der Waals surface area (Å²) in [5.74, 6) is 2.64. The Labute approximate surface area is 214 Å². The molecule has 7 rings (SSSR count). The van der Waals surface area contributed by atoms with Crippen LogP contribution in [0.1, 0.15) is 82.8 Å². The summed E-state index contributed by atoms with van der Waals surface area (Å²) >= 11 is 0. The summed E-state index contributed by atoms with van der Waals surface area (Å²) in [6.07, 6.45) is 13.8. The molecular weight excluding hydrogens is 446 g/mol. The van der Waals surface area contributed by atoms with Gasteiger partial charge < -0.3 is 9.47 Å². The minimum absolute atomic E-state index is 0.117. The molecule has 5 atom stereocenters. The summed E-state index contributed by atoms with van der Waals surface area (Å²) in [5, 5.41) is 0. The molecule has 36 heavy (non-hydrogen) atoms. The third kappa shape index (κ3) is 3.22. The zero-order valence-electron chi connectivity index (χ0n) is 21.8. The average molecular weight is 484 g/mol. The van der Waals surface area contributed by atoms with E-state index in [-0.39, 0.29) is 16.6 Å². The van der Waals surface area contributed by atoms with Crippen LogP contribution in [0.5, 0.6) is 0 Å². The van der Waals surface area contributed by atoms with Gasteiger partial charge >= 0.3 is 0 Å². The first-order chi connectivity index (χ1) is 17.3. The third-order valence-corrected chi connectivity index (χ3v) is 10.3. The number of ether oxygens (including phenoxy) is 2. The normalized spacial score (nSPS) is 38.4. The minimum atomic E-state index is -0.157. The van der Waals surface area contributed by atoms with E-state index in [1.807, 2.05) is 6.08 Å². The molecule has 0 bridgehead atoms. The number of hydrogen-bond donors (Lipinski definition) is 0. The summed E-state index contributed by atoms with van der Waals surface area (Å²) in [7, 11) is 0. The van der Waals surface area contributed by atoms with Crippen LogP contribution in [0.2, 0.25) is 0 Å². The molecular formula is C32H37NO3. The van der Waals surface area contributed by atoms with Crippen molar-refractivity contribution in [2.45, 2.75) is 82.8 Å². The summed E-state index contributed by atoms with van der Waals surface area (Å²) in [4.78, 5) is 17.1. The Morgan fingerprint density at radius 1 is 1.03 bits per heavy atom. The lowest BCUT2D eigenvalue weighted by atomic mass is 9.51. The molecule has 2 heterocycles. The average Bonchev–Trinajstić information content (AvgIpc) is 3.57. The predicted molar refractivity (Wildman–Crippen MR) is 141 cm³/mol. The summed E-state index contributed by atoms with van der Waals surface area (Å²) in [6.45, 7) is 8.12. The maximum atomic E-state index is 12.3. The van der Waals surface area contributed by atoms with E-state index in [2.05, 4.69) is 57.2 Å². The molecule has 1 aromatic rings. The molecule has 188 valence electrons. The number of hydrogen-bond acceptors (Lipinski definition) is 4. The van der Waals surface area contributed by atoms with Crippen molar-refractivity contribution in [3.63, 3.8) is 0 Å². The largest absolute Gasteiger partial charge is 0.475 e. The fourth-order valence-electron chi connectivity index (χ4n) is 8.57. The van der Waals surface area contributed by atoms with Crippen molar-refractivity contribution in [1.29, 1.82) is 0 Å². The Morgan fingerprint density at radius 2 is 1.86 bits per heavy atom. The Bertz CT molecular complexity index is 1250. The van der Waals surface area contributed by atoms with Crippen molar-refractivity contribution in [3.8, 4) is 0 Å². The second kappa shape index (κ2) is 7.77. The molecule has 6 aliphatic rings. The number of ketones is 1. The predicted octanol–water partition coefficient (Wildman–Crippen LogP) is 6.47. The lowest BCUT2D eigenvalue weighted by molar-refractivity contribution is -0.114. The van der Waals surface area contributed by atoms with Gasteiger partial charge in [-0.1, -0.05) is 36.8 Å². The Balaban J connectivity index is 1.33. The van der Waals surface area contributed by atoms with Gasteiger partial charge in [-0.3, -0.25) is 4.79 Å². The summed E-state index contributed by atoms with van der Waals surface area (Å²) in [5.41, 5.74) is 6.76. The van der Waals surface area contributed by atoms with Crippen LogP contribution >= 0.6 is 0 Å². The fraction of sp³-hybridized carbons (Fsp3) is 0.562. The quantitative estimate of drug-likeness (QED) is 0.453. The molecule has 0 amide bonds. The van der Waals surface area contributed by atoms with Crippen molar-refractivity contribution in [3.05, 3.63) is 70.3 Å². The lowest BCUT2D eigenvalue weighted by Gasteiger charge is -2.54. The van der Waals surface area contributed by atoms with E-state index in [9.17, 15) is 4.79 Å². The summed E-state index contributed by atoms with van der Waals surface area (Å²) in [6, 6.07) is 9.02. The standard InChI is InChI=1S/C32H37NO3/c1-30(2)19-35-29(33-30)21-7-5-20(6-8-21)26-18-31(3)27(13-15-32(31)14-4-16-36-32)25-11-9-22-17-23(34)10-12-24(22)28(25)26/h4-8,14,17,25-27H,9-13,15-16,18-19H2,1-3H3/t25-,26+,27-,31-,32?/m0/s1. The van der Waals surface area contributed by atoms with Crippen LogP contribution in [0.25, 0.3) is 0 Å². The number of aliphatic imine (C=N–C) groups is 1. The van der Waals surface area contributed by atoms with E-state index in [0.29, 0.717) is 36.6 Å². The monoisotopic (exact) mass is 483 g/mol. The summed E-state index contributed by atoms with van der Waals surface area (Å²) < 4.78 is 12.5. The number of fused-ring (bicyclic) bond motifs is 5. The van der Waals surface area contributed by atoms with Crippen molar-refractivity contribution in [2.75, 3.05) is 13.2 Å². The van der Waals surface area contributed by atoms with Gasteiger partial charge in [-0.25, -0.2) is 4.99 Å². The lowest BCUT2D eigenvalue weighted by Crippen LogP contribution is -2.51. The molecule has 0 aromatic heterocycles. The smallest absolute Gasteiger partial charge is 0.216 e. The van der Waals surface area contributed by atoms with Crippen molar-refractivity contribution >= 4 is 11.7 Å². The van der Waals surface area contributed by atoms with Gasteiger partial charge in [0.1, 0.15) is 6.61 Å². The van der Waals surface area contributed by atoms with E-state index >= 15 is 0 Å². The second-order valence-electron chi connectivity index (χ2n) is 12.8. The molecule has 4 nitrogen and oxygen atoms in total. The highest BCUT2D eigenvalue weighted by atomic mass is 16.5. The van der Waals surface area contributed by atoms with Gasteiger partial charge in [0.05, 0.1) is 17.7 Å². The van der Waals surface area contributed by atoms with Gasteiger partial charge in [-0.05, 0) is 99.1 Å². The Hall–Kier alpha value is -2.46. The Kier molecular flexibility index (Phi) is 4.90.